The molecule has 1 aliphatic rings. The zero-order valence-electron chi connectivity index (χ0n) is 14.8. The van der Waals surface area contributed by atoms with Crippen molar-refractivity contribution in [2.24, 2.45) is 5.41 Å². The molecule has 0 aromatic heterocycles. The zero-order valence-corrected chi connectivity index (χ0v) is 14.8. The van der Waals surface area contributed by atoms with Crippen LogP contribution in [-0.4, -0.2) is 29.1 Å². The molecule has 0 radical (unpaired) electrons. The number of carboxylic acid groups (broad SMARTS) is 1. The van der Waals surface area contributed by atoms with Crippen molar-refractivity contribution in [1.29, 1.82) is 0 Å². The monoisotopic (exact) mass is 303 g/mol. The van der Waals surface area contributed by atoms with Crippen LogP contribution in [-0.2, 0) is 16.8 Å². The van der Waals surface area contributed by atoms with Crippen molar-refractivity contribution >= 4 is 5.97 Å². The van der Waals surface area contributed by atoms with Crippen molar-refractivity contribution in [2.45, 2.75) is 59.9 Å². The fraction of sp³-hybridized carbons (Fsp3) is 0.632. The topological polar surface area (TPSA) is 40.5 Å². The van der Waals surface area contributed by atoms with Crippen molar-refractivity contribution < 1.29 is 9.90 Å². The average Bonchev–Trinajstić information content (AvgIpc) is 2.75. The van der Waals surface area contributed by atoms with Crippen molar-refractivity contribution in [3.8, 4) is 0 Å². The highest BCUT2D eigenvalue weighted by atomic mass is 16.4. The lowest BCUT2D eigenvalue weighted by Gasteiger charge is -2.25. The highest BCUT2D eigenvalue weighted by molar-refractivity contribution is 5.74. The summed E-state index contributed by atoms with van der Waals surface area (Å²) in [5.41, 5.74) is 4.91. The Morgan fingerprint density at radius 2 is 1.82 bits per heavy atom. The first-order valence-corrected chi connectivity index (χ1v) is 8.09. The van der Waals surface area contributed by atoms with Crippen molar-refractivity contribution in [3.63, 3.8) is 0 Å². The van der Waals surface area contributed by atoms with Gasteiger partial charge in [-0.1, -0.05) is 32.9 Å². The van der Waals surface area contributed by atoms with E-state index >= 15 is 0 Å². The van der Waals surface area contributed by atoms with E-state index in [-0.39, 0.29) is 5.41 Å². The lowest BCUT2D eigenvalue weighted by Crippen LogP contribution is -2.31. The molecule has 1 aliphatic heterocycles. The maximum atomic E-state index is 11.4. The Hall–Kier alpha value is -1.35. The summed E-state index contributed by atoms with van der Waals surface area (Å²) < 4.78 is 0. The third-order valence-corrected chi connectivity index (χ3v) is 5.01. The van der Waals surface area contributed by atoms with Crippen LogP contribution >= 0.6 is 0 Å². The maximum absolute atomic E-state index is 11.4. The van der Waals surface area contributed by atoms with Gasteiger partial charge in [-0.3, -0.25) is 9.69 Å². The molecule has 0 amide bonds. The van der Waals surface area contributed by atoms with E-state index in [0.29, 0.717) is 6.54 Å². The van der Waals surface area contributed by atoms with Crippen LogP contribution in [0.25, 0.3) is 0 Å². The Kier molecular flexibility index (Phi) is 4.40. The molecule has 1 fully saturated rings. The van der Waals surface area contributed by atoms with Gasteiger partial charge in [-0.25, -0.2) is 0 Å². The summed E-state index contributed by atoms with van der Waals surface area (Å²) >= 11 is 0. The van der Waals surface area contributed by atoms with Crippen LogP contribution in [0.1, 0.15) is 56.4 Å². The number of carboxylic acids is 1. The number of aryl methyl sites for hydroxylation is 2. The van der Waals surface area contributed by atoms with Gasteiger partial charge < -0.3 is 5.11 Å². The highest BCUT2D eigenvalue weighted by Crippen LogP contribution is 2.33. The Balaban J connectivity index is 2.20. The summed E-state index contributed by atoms with van der Waals surface area (Å²) in [4.78, 5) is 13.7. The van der Waals surface area contributed by atoms with E-state index in [4.69, 9.17) is 0 Å². The third-order valence-electron chi connectivity index (χ3n) is 5.01. The first-order valence-electron chi connectivity index (χ1n) is 8.09. The molecule has 1 aromatic carbocycles. The standard InChI is InChI=1S/C19H29NO2/c1-13-9-15(18(3,4)5)10-14(2)16(13)11-20-8-7-19(6,12-20)17(21)22/h9-10H,7-8,11-12H2,1-6H3,(H,21,22). The number of rotatable bonds is 3. The molecule has 3 heteroatoms. The molecule has 0 saturated carbocycles. The molecule has 0 aliphatic carbocycles. The quantitative estimate of drug-likeness (QED) is 0.920. The molecular weight excluding hydrogens is 274 g/mol. The molecule has 22 heavy (non-hydrogen) atoms. The van der Waals surface area contributed by atoms with E-state index in [1.807, 2.05) is 6.92 Å². The second-order valence-electron chi connectivity index (χ2n) is 8.17. The maximum Gasteiger partial charge on any atom is 0.310 e. The van der Waals surface area contributed by atoms with E-state index in [1.54, 1.807) is 0 Å². The van der Waals surface area contributed by atoms with Crippen LogP contribution in [0.15, 0.2) is 12.1 Å². The molecular formula is C19H29NO2. The summed E-state index contributed by atoms with van der Waals surface area (Å²) in [5.74, 6) is -0.675. The van der Waals surface area contributed by atoms with Crippen LogP contribution in [0.2, 0.25) is 0 Å². The Bertz CT molecular complexity index is 563. The first kappa shape index (κ1) is 17.0. The Morgan fingerprint density at radius 3 is 2.23 bits per heavy atom. The molecule has 122 valence electrons. The van der Waals surface area contributed by atoms with Crippen molar-refractivity contribution in [1.82, 2.24) is 4.90 Å². The second kappa shape index (κ2) is 5.69. The van der Waals surface area contributed by atoms with Crippen LogP contribution in [0.5, 0.6) is 0 Å². The number of nitrogens with zero attached hydrogens (tertiary/aromatic N) is 1. The second-order valence-corrected chi connectivity index (χ2v) is 8.17. The number of benzene rings is 1. The van der Waals surface area contributed by atoms with Gasteiger partial charge >= 0.3 is 5.97 Å². The lowest BCUT2D eigenvalue weighted by molar-refractivity contribution is -0.147. The van der Waals surface area contributed by atoms with Gasteiger partial charge in [0.05, 0.1) is 5.41 Å². The summed E-state index contributed by atoms with van der Waals surface area (Å²) in [5, 5.41) is 9.36. The summed E-state index contributed by atoms with van der Waals surface area (Å²) in [6.07, 6.45) is 0.737. The van der Waals surface area contributed by atoms with Crippen LogP contribution in [0.3, 0.4) is 0 Å². The molecule has 3 nitrogen and oxygen atoms in total. The minimum atomic E-state index is -0.675. The highest BCUT2D eigenvalue weighted by Gasteiger charge is 2.40. The van der Waals surface area contributed by atoms with Crippen LogP contribution in [0, 0.1) is 19.3 Å². The molecule has 2 rings (SSSR count). The fourth-order valence-corrected chi connectivity index (χ4v) is 3.27. The van der Waals surface area contributed by atoms with E-state index in [2.05, 4.69) is 51.7 Å². The third kappa shape index (κ3) is 3.35. The Labute approximate surface area is 134 Å². The van der Waals surface area contributed by atoms with Gasteiger partial charge in [0.2, 0.25) is 0 Å². The molecule has 0 bridgehead atoms. The predicted molar refractivity (Wildman–Crippen MR) is 90.3 cm³/mol. The van der Waals surface area contributed by atoms with Crippen molar-refractivity contribution in [3.05, 3.63) is 34.4 Å². The fourth-order valence-electron chi connectivity index (χ4n) is 3.27. The van der Waals surface area contributed by atoms with Gasteiger partial charge in [-0.15, -0.1) is 0 Å². The number of likely N-dealkylation sites (tertiary alicyclic amines) is 1. The normalized spacial score (nSPS) is 23.0. The van der Waals surface area contributed by atoms with Gasteiger partial charge in [0.25, 0.3) is 0 Å². The zero-order chi connectivity index (χ0) is 16.7. The smallest absolute Gasteiger partial charge is 0.310 e. The van der Waals surface area contributed by atoms with Gasteiger partial charge in [0.1, 0.15) is 0 Å². The van der Waals surface area contributed by atoms with E-state index < -0.39 is 11.4 Å². The minimum absolute atomic E-state index is 0.156. The van der Waals surface area contributed by atoms with Crippen molar-refractivity contribution in [2.75, 3.05) is 13.1 Å². The summed E-state index contributed by atoms with van der Waals surface area (Å²) in [7, 11) is 0. The predicted octanol–water partition coefficient (Wildman–Crippen LogP) is 3.90. The molecule has 0 spiro atoms. The molecule has 1 heterocycles. The van der Waals surface area contributed by atoms with E-state index in [0.717, 1.165) is 19.5 Å². The number of hydrogen-bond donors (Lipinski definition) is 1. The van der Waals surface area contributed by atoms with Crippen LogP contribution in [0.4, 0.5) is 0 Å². The average molecular weight is 303 g/mol. The lowest BCUT2D eigenvalue weighted by atomic mass is 9.83. The Morgan fingerprint density at radius 1 is 1.27 bits per heavy atom. The number of aliphatic carboxylic acids is 1. The van der Waals surface area contributed by atoms with Crippen LogP contribution < -0.4 is 0 Å². The van der Waals surface area contributed by atoms with Gasteiger partial charge in [0.15, 0.2) is 0 Å². The van der Waals surface area contributed by atoms with Gasteiger partial charge in [0, 0.05) is 13.1 Å². The largest absolute Gasteiger partial charge is 0.481 e. The molecule has 1 unspecified atom stereocenters. The van der Waals surface area contributed by atoms with E-state index in [9.17, 15) is 9.90 Å². The SMILES string of the molecule is Cc1cc(C(C)(C)C)cc(C)c1CN1CCC(C)(C(=O)O)C1. The molecule has 1 atom stereocenters. The van der Waals surface area contributed by atoms with Gasteiger partial charge in [-0.05, 0) is 61.4 Å². The summed E-state index contributed by atoms with van der Waals surface area (Å²) in [6.45, 7) is 15.3. The van der Waals surface area contributed by atoms with Gasteiger partial charge in [-0.2, -0.15) is 0 Å². The minimum Gasteiger partial charge on any atom is -0.481 e. The summed E-state index contributed by atoms with van der Waals surface area (Å²) in [6, 6.07) is 4.57. The number of carbonyl (C=O) groups is 1. The molecule has 1 aromatic rings. The first-order chi connectivity index (χ1) is 10.0. The molecule has 1 saturated heterocycles. The van der Waals surface area contributed by atoms with E-state index in [1.165, 1.54) is 22.3 Å². The molecule has 1 N–H and O–H groups in total. The number of hydrogen-bond acceptors (Lipinski definition) is 2.